The van der Waals surface area contributed by atoms with Gasteiger partial charge < -0.3 is 11.3 Å². The van der Waals surface area contributed by atoms with Crippen molar-refractivity contribution in [2.24, 2.45) is 5.92 Å². The molecule has 3 heteroatoms. The van der Waals surface area contributed by atoms with Crippen LogP contribution < -0.4 is 0 Å². The predicted octanol–water partition coefficient (Wildman–Crippen LogP) is 7.32. The van der Waals surface area contributed by atoms with E-state index in [9.17, 15) is 0 Å². The quantitative estimate of drug-likeness (QED) is 0.138. The standard InChI is InChI=1S/C21H44OP.V/c1-3-5-7-9-10-12-15-21(16-14-18-22)17-20-23-19-13-11-8-6-4-2;/h20-23H,3-19H2,1-2H3;/q-1;. The molecule has 0 bridgehead atoms. The van der Waals surface area contributed by atoms with E-state index in [1.807, 2.05) is 0 Å². The second-order valence-corrected chi connectivity index (χ2v) is 8.41. The molecule has 0 heterocycles. The summed E-state index contributed by atoms with van der Waals surface area (Å²) in [5.74, 6) is 0.834. The van der Waals surface area contributed by atoms with Crippen LogP contribution in [0.5, 0.6) is 0 Å². The van der Waals surface area contributed by atoms with Gasteiger partial charge in [-0.2, -0.15) is 6.42 Å². The van der Waals surface area contributed by atoms with Crippen molar-refractivity contribution in [2.45, 2.75) is 110 Å². The molecule has 0 aliphatic heterocycles. The molecule has 1 nitrogen and oxygen atoms in total. The number of unbranched alkanes of at least 4 members (excludes halogenated alkanes) is 9. The van der Waals surface area contributed by atoms with Crippen molar-refractivity contribution in [3.63, 3.8) is 0 Å². The Balaban J connectivity index is 0. The monoisotopic (exact) mass is 394 g/mol. The van der Waals surface area contributed by atoms with E-state index in [1.54, 1.807) is 0 Å². The van der Waals surface area contributed by atoms with Crippen molar-refractivity contribution < 1.29 is 23.7 Å². The van der Waals surface area contributed by atoms with Gasteiger partial charge in [-0.1, -0.05) is 109 Å². The van der Waals surface area contributed by atoms with Crippen LogP contribution in [-0.4, -0.2) is 17.9 Å². The van der Waals surface area contributed by atoms with Crippen LogP contribution in [0.1, 0.15) is 110 Å². The first kappa shape index (κ1) is 27.2. The van der Waals surface area contributed by atoms with Crippen LogP contribution in [0.3, 0.4) is 0 Å². The van der Waals surface area contributed by atoms with E-state index in [1.165, 1.54) is 96.1 Å². The summed E-state index contributed by atoms with van der Waals surface area (Å²) in [6, 6.07) is 0. The van der Waals surface area contributed by atoms with Crippen molar-refractivity contribution >= 4 is 8.58 Å². The van der Waals surface area contributed by atoms with Crippen molar-refractivity contribution in [3.8, 4) is 0 Å². The SMILES string of the molecule is CCCCCCCCC(C[CH-]PCCCCCCC)CCCO.[V]. The average molecular weight is 395 g/mol. The van der Waals surface area contributed by atoms with Crippen LogP contribution in [0.25, 0.3) is 0 Å². The Morgan fingerprint density at radius 2 is 1.29 bits per heavy atom. The number of hydrogen-bond acceptors (Lipinski definition) is 1. The maximum absolute atomic E-state index is 9.09. The summed E-state index contributed by atoms with van der Waals surface area (Å²) < 4.78 is 0. The largest absolute Gasteiger partial charge is 0.396 e. The normalized spacial score (nSPS) is 12.6. The summed E-state index contributed by atoms with van der Waals surface area (Å²) in [5, 5.41) is 9.09. The molecule has 0 fully saturated rings. The fourth-order valence-electron chi connectivity index (χ4n) is 3.16. The third-order valence-corrected chi connectivity index (χ3v) is 5.92. The smallest absolute Gasteiger partial charge is 0.0431 e. The van der Waals surface area contributed by atoms with Gasteiger partial charge >= 0.3 is 0 Å². The maximum Gasteiger partial charge on any atom is 0.0431 e. The number of rotatable bonds is 19. The Kier molecular flexibility index (Phi) is 27.2. The topological polar surface area (TPSA) is 20.2 Å². The van der Waals surface area contributed by atoms with Crippen LogP contribution in [0.4, 0.5) is 0 Å². The summed E-state index contributed by atoms with van der Waals surface area (Å²) in [7, 11) is 1.06. The number of aliphatic hydroxyl groups excluding tert-OH is 1. The molecule has 1 N–H and O–H groups in total. The van der Waals surface area contributed by atoms with Gasteiger partial charge in [0.2, 0.25) is 0 Å². The van der Waals surface area contributed by atoms with Gasteiger partial charge in [0.25, 0.3) is 0 Å². The fourth-order valence-corrected chi connectivity index (χ4v) is 4.31. The second-order valence-electron chi connectivity index (χ2n) is 7.10. The zero-order valence-electron chi connectivity index (χ0n) is 16.6. The van der Waals surface area contributed by atoms with Crippen LogP contribution >= 0.6 is 8.58 Å². The molecule has 0 saturated heterocycles. The predicted molar refractivity (Wildman–Crippen MR) is 109 cm³/mol. The Bertz CT molecular complexity index is 214. The molecule has 0 spiro atoms. The van der Waals surface area contributed by atoms with E-state index >= 15 is 0 Å². The third kappa shape index (κ3) is 21.0. The van der Waals surface area contributed by atoms with Crippen LogP contribution in [0.15, 0.2) is 0 Å². The Hall–Kier alpha value is 0.974. The van der Waals surface area contributed by atoms with E-state index in [-0.39, 0.29) is 18.6 Å². The molecule has 0 aromatic carbocycles. The van der Waals surface area contributed by atoms with Crippen LogP contribution in [-0.2, 0) is 18.6 Å². The van der Waals surface area contributed by atoms with Crippen molar-refractivity contribution in [3.05, 3.63) is 6.16 Å². The van der Waals surface area contributed by atoms with Crippen LogP contribution in [0, 0.1) is 12.1 Å². The molecule has 0 aliphatic rings. The average Bonchev–Trinajstić information content (AvgIpc) is 2.57. The summed E-state index contributed by atoms with van der Waals surface area (Å²) in [6.45, 7) is 4.93. The minimum absolute atomic E-state index is 0. The first-order chi connectivity index (χ1) is 11.3. The summed E-state index contributed by atoms with van der Waals surface area (Å²) >= 11 is 0. The van der Waals surface area contributed by atoms with Crippen molar-refractivity contribution in [1.82, 2.24) is 0 Å². The van der Waals surface area contributed by atoms with Gasteiger partial charge in [-0.15, -0.1) is 0 Å². The molecule has 0 aliphatic carbocycles. The molecule has 2 atom stereocenters. The Labute approximate surface area is 167 Å². The zero-order valence-corrected chi connectivity index (χ0v) is 19.0. The summed E-state index contributed by atoms with van der Waals surface area (Å²) in [4.78, 5) is 0. The molecule has 24 heavy (non-hydrogen) atoms. The molecule has 0 saturated carbocycles. The van der Waals surface area contributed by atoms with Crippen molar-refractivity contribution in [2.75, 3.05) is 12.8 Å². The molecule has 1 radical (unpaired) electrons. The number of aliphatic hydroxyl groups is 1. The van der Waals surface area contributed by atoms with Gasteiger partial charge in [-0.05, 0) is 6.42 Å². The van der Waals surface area contributed by atoms with Gasteiger partial charge in [0.05, 0.1) is 0 Å². The van der Waals surface area contributed by atoms with Gasteiger partial charge in [0.1, 0.15) is 0 Å². The maximum atomic E-state index is 9.09. The zero-order chi connectivity index (χ0) is 17.0. The van der Waals surface area contributed by atoms with E-state index in [2.05, 4.69) is 20.0 Å². The minimum Gasteiger partial charge on any atom is -0.396 e. The third-order valence-electron chi connectivity index (χ3n) is 4.76. The Morgan fingerprint density at radius 3 is 1.92 bits per heavy atom. The van der Waals surface area contributed by atoms with Crippen molar-refractivity contribution in [1.29, 1.82) is 0 Å². The molecule has 2 unspecified atom stereocenters. The van der Waals surface area contributed by atoms with E-state index in [0.717, 1.165) is 20.9 Å². The minimum atomic E-state index is 0. The van der Waals surface area contributed by atoms with Gasteiger partial charge in [-0.25, -0.2) is 0 Å². The molecule has 0 aromatic heterocycles. The second kappa shape index (κ2) is 24.0. The molecule has 0 rings (SSSR count). The van der Waals surface area contributed by atoms with Gasteiger partial charge in [0, 0.05) is 25.2 Å². The molecular formula is C21H44OPV-. The van der Waals surface area contributed by atoms with Gasteiger partial charge in [0.15, 0.2) is 0 Å². The molecular weight excluding hydrogens is 350 g/mol. The number of hydrogen-bond donors (Lipinski definition) is 1. The first-order valence-electron chi connectivity index (χ1n) is 10.5. The van der Waals surface area contributed by atoms with E-state index in [0.29, 0.717) is 6.61 Å². The van der Waals surface area contributed by atoms with E-state index < -0.39 is 0 Å². The summed E-state index contributed by atoms with van der Waals surface area (Å²) in [6.07, 6.45) is 24.3. The molecule has 0 aromatic rings. The fraction of sp³-hybridized carbons (Fsp3) is 0.952. The molecule has 0 amide bonds. The van der Waals surface area contributed by atoms with Gasteiger partial charge in [-0.3, -0.25) is 8.58 Å². The van der Waals surface area contributed by atoms with Crippen LogP contribution in [0.2, 0.25) is 0 Å². The Morgan fingerprint density at radius 1 is 0.750 bits per heavy atom. The summed E-state index contributed by atoms with van der Waals surface area (Å²) in [5.41, 5.74) is 0. The van der Waals surface area contributed by atoms with E-state index in [4.69, 9.17) is 5.11 Å². The first-order valence-corrected chi connectivity index (χ1v) is 11.8. The molecule has 145 valence electrons.